The van der Waals surface area contributed by atoms with Crippen LogP contribution in [0.5, 0.6) is 0 Å². The van der Waals surface area contributed by atoms with Gasteiger partial charge in [-0.3, -0.25) is 4.79 Å². The van der Waals surface area contributed by atoms with Crippen LogP contribution in [-0.4, -0.2) is 29.4 Å². The molecule has 0 spiro atoms. The molecule has 2 aliphatic rings. The molecule has 1 aromatic carbocycles. The van der Waals surface area contributed by atoms with E-state index in [1.807, 2.05) is 12.1 Å². The van der Waals surface area contributed by atoms with E-state index in [1.165, 1.54) is 18.4 Å². The Bertz CT molecular complexity index is 605. The Kier molecular flexibility index (Phi) is 4.50. The van der Waals surface area contributed by atoms with Crippen LogP contribution in [0.15, 0.2) is 24.3 Å². The number of hydrogen-bond donors (Lipinski definition) is 1. The monoisotopic (exact) mass is 328 g/mol. The Morgan fingerprint density at radius 2 is 1.88 bits per heavy atom. The summed E-state index contributed by atoms with van der Waals surface area (Å²) in [4.78, 5) is 15.2. The Morgan fingerprint density at radius 1 is 1.21 bits per heavy atom. The van der Waals surface area contributed by atoms with Crippen LogP contribution in [0.25, 0.3) is 0 Å². The molecule has 2 fully saturated rings. The third-order valence-corrected chi connectivity index (χ3v) is 5.59. The lowest BCUT2D eigenvalue weighted by Crippen LogP contribution is -2.37. The molecule has 3 nitrogen and oxygen atoms in total. The minimum atomic E-state index is 0.213. The number of carbonyl (C=O) groups excluding carboxylic acids is 1. The predicted octanol–water partition coefficient (Wildman–Crippen LogP) is 4.23. The lowest BCUT2D eigenvalue weighted by atomic mass is 9.65. The van der Waals surface area contributed by atoms with E-state index in [0.29, 0.717) is 22.9 Å². The Balaban J connectivity index is 1.71. The Labute approximate surface area is 146 Å². The maximum absolute atomic E-state index is 13.0. The molecule has 1 amide bonds. The van der Waals surface area contributed by atoms with Crippen molar-refractivity contribution in [2.75, 3.05) is 6.54 Å². The molecule has 2 atom stereocenters. The van der Waals surface area contributed by atoms with Gasteiger partial charge < -0.3 is 10.2 Å². The van der Waals surface area contributed by atoms with Crippen molar-refractivity contribution in [1.29, 1.82) is 0 Å². The molecule has 1 aliphatic carbocycles. The zero-order valence-electron chi connectivity index (χ0n) is 15.9. The molecule has 1 heterocycles. The van der Waals surface area contributed by atoms with Crippen LogP contribution in [0.1, 0.15) is 69.8 Å². The van der Waals surface area contributed by atoms with Crippen LogP contribution in [-0.2, 0) is 6.54 Å². The minimum Gasteiger partial charge on any atom is -0.335 e. The highest BCUT2D eigenvalue weighted by Crippen LogP contribution is 2.52. The first-order valence-electron chi connectivity index (χ1n) is 9.31. The molecule has 1 saturated carbocycles. The number of rotatable bonds is 4. The first-order chi connectivity index (χ1) is 11.2. The molecule has 24 heavy (non-hydrogen) atoms. The summed E-state index contributed by atoms with van der Waals surface area (Å²) in [6.45, 7) is 13.1. The largest absolute Gasteiger partial charge is 0.335 e. The van der Waals surface area contributed by atoms with Crippen molar-refractivity contribution in [3.8, 4) is 0 Å². The third-order valence-electron chi connectivity index (χ3n) is 5.59. The van der Waals surface area contributed by atoms with Crippen molar-refractivity contribution in [3.05, 3.63) is 35.4 Å². The molecule has 2 unspecified atom stereocenters. The summed E-state index contributed by atoms with van der Waals surface area (Å²) >= 11 is 0. The van der Waals surface area contributed by atoms with Gasteiger partial charge >= 0.3 is 0 Å². The van der Waals surface area contributed by atoms with Crippen LogP contribution in [0.2, 0.25) is 0 Å². The van der Waals surface area contributed by atoms with Crippen molar-refractivity contribution < 1.29 is 4.79 Å². The second-order valence-electron chi connectivity index (χ2n) is 9.38. The number of benzene rings is 1. The van der Waals surface area contributed by atoms with Gasteiger partial charge in [-0.1, -0.05) is 46.8 Å². The van der Waals surface area contributed by atoms with Crippen molar-refractivity contribution in [3.63, 3.8) is 0 Å². The summed E-state index contributed by atoms with van der Waals surface area (Å²) in [5.74, 6) is 0.213. The number of nitrogens with one attached hydrogen (secondary N) is 1. The molecular weight excluding hydrogens is 296 g/mol. The molecule has 0 aromatic heterocycles. The van der Waals surface area contributed by atoms with E-state index in [0.717, 1.165) is 25.1 Å². The standard InChI is InChI=1S/C21H32N2O/c1-15(2)22-12-16-6-8-17(9-7-16)19(24)23-14-21(5)11-18(23)10-20(3,4)13-21/h6-9,15,18,22H,10-14H2,1-5H3. The molecule has 1 aromatic rings. The van der Waals surface area contributed by atoms with E-state index in [2.05, 4.69) is 57.0 Å². The smallest absolute Gasteiger partial charge is 0.254 e. The van der Waals surface area contributed by atoms with Crippen LogP contribution in [0.4, 0.5) is 0 Å². The lowest BCUT2D eigenvalue weighted by Gasteiger charge is -2.39. The first kappa shape index (κ1) is 17.5. The van der Waals surface area contributed by atoms with Gasteiger partial charge in [0.2, 0.25) is 0 Å². The second kappa shape index (κ2) is 6.18. The van der Waals surface area contributed by atoms with E-state index >= 15 is 0 Å². The molecule has 2 bridgehead atoms. The predicted molar refractivity (Wildman–Crippen MR) is 99.0 cm³/mol. The fraction of sp³-hybridized carbons (Fsp3) is 0.667. The summed E-state index contributed by atoms with van der Waals surface area (Å²) in [6.07, 6.45) is 3.52. The van der Waals surface area contributed by atoms with Crippen LogP contribution in [0.3, 0.4) is 0 Å². The molecule has 1 saturated heterocycles. The van der Waals surface area contributed by atoms with Gasteiger partial charge in [-0.15, -0.1) is 0 Å². The van der Waals surface area contributed by atoms with Crippen LogP contribution >= 0.6 is 0 Å². The highest BCUT2D eigenvalue weighted by molar-refractivity contribution is 5.94. The number of likely N-dealkylation sites (tertiary alicyclic amines) is 1. The first-order valence-corrected chi connectivity index (χ1v) is 9.31. The molecule has 1 N–H and O–H groups in total. The topological polar surface area (TPSA) is 32.3 Å². The number of amides is 1. The number of nitrogens with zero attached hydrogens (tertiary/aromatic N) is 1. The van der Waals surface area contributed by atoms with Crippen molar-refractivity contribution in [2.45, 2.75) is 72.5 Å². The summed E-state index contributed by atoms with van der Waals surface area (Å²) < 4.78 is 0. The van der Waals surface area contributed by atoms with Gasteiger partial charge in [0.05, 0.1) is 0 Å². The second-order valence-corrected chi connectivity index (χ2v) is 9.38. The third kappa shape index (κ3) is 3.66. The molecular formula is C21H32N2O. The number of hydrogen-bond acceptors (Lipinski definition) is 2. The maximum atomic E-state index is 13.0. The normalized spacial score (nSPS) is 28.4. The van der Waals surface area contributed by atoms with Crippen molar-refractivity contribution in [2.24, 2.45) is 10.8 Å². The van der Waals surface area contributed by atoms with Crippen LogP contribution < -0.4 is 5.32 Å². The van der Waals surface area contributed by atoms with Gasteiger partial charge in [0.1, 0.15) is 0 Å². The molecule has 132 valence electrons. The molecule has 0 radical (unpaired) electrons. The van der Waals surface area contributed by atoms with Gasteiger partial charge in [0.15, 0.2) is 0 Å². The lowest BCUT2D eigenvalue weighted by molar-refractivity contribution is 0.0708. The summed E-state index contributed by atoms with van der Waals surface area (Å²) in [7, 11) is 0. The van der Waals surface area contributed by atoms with E-state index in [-0.39, 0.29) is 5.91 Å². The Morgan fingerprint density at radius 3 is 2.50 bits per heavy atom. The highest BCUT2D eigenvalue weighted by atomic mass is 16.2. The van der Waals surface area contributed by atoms with Gasteiger partial charge in [0, 0.05) is 30.7 Å². The fourth-order valence-corrected chi connectivity index (χ4v) is 4.95. The van der Waals surface area contributed by atoms with E-state index in [9.17, 15) is 4.79 Å². The average molecular weight is 329 g/mol. The Hall–Kier alpha value is -1.35. The SMILES string of the molecule is CC(C)NCc1ccc(C(=O)N2CC3(C)CC2CC(C)(C)C3)cc1. The van der Waals surface area contributed by atoms with Crippen LogP contribution in [0, 0.1) is 10.8 Å². The quantitative estimate of drug-likeness (QED) is 0.897. The van der Waals surface area contributed by atoms with E-state index < -0.39 is 0 Å². The minimum absolute atomic E-state index is 0.213. The molecule has 3 rings (SSSR count). The van der Waals surface area contributed by atoms with E-state index in [1.54, 1.807) is 0 Å². The number of carbonyl (C=O) groups is 1. The number of fused-ring (bicyclic) bond motifs is 2. The van der Waals surface area contributed by atoms with Gasteiger partial charge in [0.25, 0.3) is 5.91 Å². The fourth-order valence-electron chi connectivity index (χ4n) is 4.95. The van der Waals surface area contributed by atoms with Gasteiger partial charge in [-0.2, -0.15) is 0 Å². The van der Waals surface area contributed by atoms with Crippen molar-refractivity contribution >= 4 is 5.91 Å². The summed E-state index contributed by atoms with van der Waals surface area (Å²) in [6, 6.07) is 9.03. The molecule has 3 heteroatoms. The molecule has 1 aliphatic heterocycles. The highest BCUT2D eigenvalue weighted by Gasteiger charge is 2.50. The summed E-state index contributed by atoms with van der Waals surface area (Å²) in [5.41, 5.74) is 2.70. The zero-order chi connectivity index (χ0) is 17.5. The zero-order valence-corrected chi connectivity index (χ0v) is 15.9. The summed E-state index contributed by atoms with van der Waals surface area (Å²) in [5, 5.41) is 3.41. The maximum Gasteiger partial charge on any atom is 0.254 e. The van der Waals surface area contributed by atoms with Gasteiger partial charge in [-0.05, 0) is 47.8 Å². The average Bonchev–Trinajstić information content (AvgIpc) is 2.74. The van der Waals surface area contributed by atoms with Crippen molar-refractivity contribution in [1.82, 2.24) is 10.2 Å². The van der Waals surface area contributed by atoms with E-state index in [4.69, 9.17) is 0 Å². The van der Waals surface area contributed by atoms with Gasteiger partial charge in [-0.25, -0.2) is 0 Å².